The van der Waals surface area contributed by atoms with Crippen molar-refractivity contribution in [2.45, 2.75) is 31.0 Å². The first-order chi connectivity index (χ1) is 16.6. The number of methoxy groups -OCH3 is 1. The molecule has 0 spiro atoms. The highest BCUT2D eigenvalue weighted by molar-refractivity contribution is 6.24. The molecule has 2 unspecified atom stereocenters. The van der Waals surface area contributed by atoms with Gasteiger partial charge in [-0.3, -0.25) is 14.4 Å². The van der Waals surface area contributed by atoms with Crippen molar-refractivity contribution < 1.29 is 39.5 Å². The minimum absolute atomic E-state index is 0.0645. The number of phenols is 1. The molecule has 5 rings (SSSR count). The molecule has 0 radical (unpaired) electrons. The summed E-state index contributed by atoms with van der Waals surface area (Å²) in [5.74, 6) is -6.61. The van der Waals surface area contributed by atoms with Gasteiger partial charge >= 0.3 is 0 Å². The highest BCUT2D eigenvalue weighted by Gasteiger charge is 2.63. The van der Waals surface area contributed by atoms with E-state index < -0.39 is 52.7 Å². The highest BCUT2D eigenvalue weighted by Crippen LogP contribution is 2.52. The average molecular weight is 479 g/mol. The molecule has 0 heterocycles. The number of aliphatic hydroxyl groups excluding tert-OH is 2. The molecule has 9 nitrogen and oxygen atoms in total. The molecule has 35 heavy (non-hydrogen) atoms. The SMILES string of the molecule is COc1ccc(-c2ccc(O)c3c2C[C@H]2C[C@H]4CC(O)C(C(N)=O)C(=O)[C@@]4(O)C(=O)C2=C3O)cc1. The maximum Gasteiger partial charge on any atom is 0.230 e. The van der Waals surface area contributed by atoms with Gasteiger partial charge in [-0.15, -0.1) is 0 Å². The summed E-state index contributed by atoms with van der Waals surface area (Å²) in [6, 6.07) is 10.4. The molecule has 0 aromatic heterocycles. The van der Waals surface area contributed by atoms with E-state index in [-0.39, 0.29) is 36.1 Å². The van der Waals surface area contributed by atoms with Crippen molar-refractivity contribution in [2.24, 2.45) is 23.5 Å². The first-order valence-electron chi connectivity index (χ1n) is 11.3. The Balaban J connectivity index is 1.65. The number of carbonyl (C=O) groups is 3. The second-order valence-corrected chi connectivity index (χ2v) is 9.45. The van der Waals surface area contributed by atoms with Crippen molar-refractivity contribution in [3.8, 4) is 22.6 Å². The van der Waals surface area contributed by atoms with Gasteiger partial charge in [0.15, 0.2) is 11.4 Å². The second-order valence-electron chi connectivity index (χ2n) is 9.45. The van der Waals surface area contributed by atoms with Gasteiger partial charge in [-0.1, -0.05) is 18.2 Å². The first-order valence-corrected chi connectivity index (χ1v) is 11.3. The van der Waals surface area contributed by atoms with Crippen molar-refractivity contribution in [3.63, 3.8) is 0 Å². The summed E-state index contributed by atoms with van der Waals surface area (Å²) < 4.78 is 5.21. The van der Waals surface area contributed by atoms with Crippen LogP contribution in [0.4, 0.5) is 0 Å². The molecule has 3 aliphatic carbocycles. The van der Waals surface area contributed by atoms with Crippen molar-refractivity contribution in [2.75, 3.05) is 7.11 Å². The maximum absolute atomic E-state index is 13.5. The Morgan fingerprint density at radius 2 is 1.77 bits per heavy atom. The lowest BCUT2D eigenvalue weighted by Gasteiger charge is -2.48. The van der Waals surface area contributed by atoms with E-state index in [1.807, 2.05) is 12.1 Å². The van der Waals surface area contributed by atoms with Crippen molar-refractivity contribution in [1.82, 2.24) is 0 Å². The standard InChI is InChI=1S/C26H25NO8/c1-35-14-4-2-11(3-5-14)15-6-7-17(28)20-16(15)9-12-8-13-10-18(29)21(25(27)33)24(32)26(13,34)23(31)19(12)22(20)30/h2-7,12-13,18,21,28-30,34H,8-10H2,1H3,(H2,27,33)/t12-,13+,18?,21?,26+/m1/s1. The number of hydrogen-bond acceptors (Lipinski definition) is 8. The van der Waals surface area contributed by atoms with Gasteiger partial charge in [-0.05, 0) is 60.1 Å². The molecule has 5 atom stereocenters. The van der Waals surface area contributed by atoms with Crippen molar-refractivity contribution in [1.29, 1.82) is 0 Å². The fraction of sp³-hybridized carbons (Fsp3) is 0.346. The molecule has 0 aliphatic heterocycles. The van der Waals surface area contributed by atoms with Gasteiger partial charge in [0.05, 0.1) is 18.8 Å². The number of aliphatic hydroxyl groups is 3. The van der Waals surface area contributed by atoms with Crippen LogP contribution < -0.4 is 10.5 Å². The van der Waals surface area contributed by atoms with Crippen LogP contribution in [-0.4, -0.2) is 56.7 Å². The van der Waals surface area contributed by atoms with Gasteiger partial charge in [-0.25, -0.2) is 0 Å². The minimum atomic E-state index is -2.58. The molecule has 2 aromatic rings. The molecule has 9 heteroatoms. The van der Waals surface area contributed by atoms with Gasteiger partial charge in [0.25, 0.3) is 0 Å². The van der Waals surface area contributed by atoms with Crippen LogP contribution in [0.1, 0.15) is 24.0 Å². The second kappa shape index (κ2) is 7.93. The normalized spacial score (nSPS) is 29.8. The van der Waals surface area contributed by atoms with E-state index in [0.717, 1.165) is 11.1 Å². The number of rotatable bonds is 3. The van der Waals surface area contributed by atoms with Crippen molar-refractivity contribution >= 4 is 23.2 Å². The molecule has 6 N–H and O–H groups in total. The van der Waals surface area contributed by atoms with Gasteiger partial charge in [-0.2, -0.15) is 0 Å². The van der Waals surface area contributed by atoms with E-state index >= 15 is 0 Å². The molecule has 182 valence electrons. The first kappa shape index (κ1) is 23.1. The molecule has 2 aromatic carbocycles. The van der Waals surface area contributed by atoms with Gasteiger partial charge in [0, 0.05) is 11.5 Å². The van der Waals surface area contributed by atoms with Crippen LogP contribution in [0.2, 0.25) is 0 Å². The van der Waals surface area contributed by atoms with E-state index in [2.05, 4.69) is 0 Å². The van der Waals surface area contributed by atoms with Crippen LogP contribution in [0.15, 0.2) is 42.0 Å². The molecule has 0 bridgehead atoms. The molecular weight excluding hydrogens is 454 g/mol. The zero-order valence-electron chi connectivity index (χ0n) is 18.9. The predicted octanol–water partition coefficient (Wildman–Crippen LogP) is 1.26. The van der Waals surface area contributed by atoms with Crippen LogP contribution in [0.5, 0.6) is 11.5 Å². The summed E-state index contributed by atoms with van der Waals surface area (Å²) in [5, 5.41) is 43.5. The van der Waals surface area contributed by atoms with Crippen LogP contribution >= 0.6 is 0 Å². The van der Waals surface area contributed by atoms with Gasteiger partial charge < -0.3 is 30.9 Å². The molecule has 3 aliphatic rings. The highest BCUT2D eigenvalue weighted by atomic mass is 16.5. The van der Waals surface area contributed by atoms with Crippen molar-refractivity contribution in [3.05, 3.63) is 53.1 Å². The molecule has 0 saturated heterocycles. The lowest BCUT2D eigenvalue weighted by atomic mass is 9.56. The van der Waals surface area contributed by atoms with E-state index in [0.29, 0.717) is 11.3 Å². The van der Waals surface area contributed by atoms with E-state index in [9.17, 15) is 34.8 Å². The molecule has 2 fully saturated rings. The number of carbonyl (C=O) groups excluding carboxylic acids is 3. The number of fused-ring (bicyclic) bond motifs is 3. The zero-order valence-corrected chi connectivity index (χ0v) is 18.9. The zero-order chi connectivity index (χ0) is 25.2. The number of benzene rings is 2. The van der Waals surface area contributed by atoms with Gasteiger partial charge in [0.2, 0.25) is 11.7 Å². The number of hydrogen-bond donors (Lipinski definition) is 5. The number of aromatic hydroxyl groups is 1. The lowest BCUT2D eigenvalue weighted by Crippen LogP contribution is -2.66. The monoisotopic (exact) mass is 479 g/mol. The lowest BCUT2D eigenvalue weighted by molar-refractivity contribution is -0.174. The summed E-state index contributed by atoms with van der Waals surface area (Å²) in [4.78, 5) is 38.4. The quantitative estimate of drug-likeness (QED) is 0.410. The molecular formula is C26H25NO8. The Morgan fingerprint density at radius 3 is 2.40 bits per heavy atom. The van der Waals surface area contributed by atoms with E-state index in [1.165, 1.54) is 6.07 Å². The number of Topliss-reactive ketones (excluding diaryl/α,β-unsaturated/α-hetero) is 2. The molecule has 2 saturated carbocycles. The number of primary amides is 1. The summed E-state index contributed by atoms with van der Waals surface area (Å²) in [7, 11) is 1.56. The van der Waals surface area contributed by atoms with Gasteiger partial charge in [0.1, 0.15) is 23.2 Å². The van der Waals surface area contributed by atoms with Crippen LogP contribution in [0.3, 0.4) is 0 Å². The number of nitrogens with two attached hydrogens (primary N) is 1. The van der Waals surface area contributed by atoms with Crippen LogP contribution in [0.25, 0.3) is 16.9 Å². The Labute approximate surface area is 200 Å². The third kappa shape index (κ3) is 3.19. The summed E-state index contributed by atoms with van der Waals surface area (Å²) in [6.07, 6.45) is -1.20. The average Bonchev–Trinajstić information content (AvgIpc) is 2.81. The van der Waals surface area contributed by atoms with Crippen LogP contribution in [0, 0.1) is 17.8 Å². The Hall–Kier alpha value is -3.69. The number of amides is 1. The summed E-state index contributed by atoms with van der Waals surface area (Å²) >= 11 is 0. The predicted molar refractivity (Wildman–Crippen MR) is 123 cm³/mol. The Morgan fingerprint density at radius 1 is 1.09 bits per heavy atom. The van der Waals surface area contributed by atoms with E-state index in [4.69, 9.17) is 10.5 Å². The van der Waals surface area contributed by atoms with Crippen LogP contribution in [-0.2, 0) is 20.8 Å². The summed E-state index contributed by atoms with van der Waals surface area (Å²) in [5.41, 5.74) is 4.76. The number of ether oxygens (including phenoxy) is 1. The third-order valence-electron chi connectivity index (χ3n) is 7.67. The summed E-state index contributed by atoms with van der Waals surface area (Å²) in [6.45, 7) is 0. The molecule has 1 amide bonds. The Kier molecular flexibility index (Phi) is 5.23. The minimum Gasteiger partial charge on any atom is -0.507 e. The smallest absolute Gasteiger partial charge is 0.230 e. The fourth-order valence-corrected chi connectivity index (χ4v) is 5.97. The topological polar surface area (TPSA) is 167 Å². The number of phenolic OH excluding ortho intramolecular Hbond substituents is 1. The number of ketones is 2. The largest absolute Gasteiger partial charge is 0.507 e. The third-order valence-corrected chi connectivity index (χ3v) is 7.67. The van der Waals surface area contributed by atoms with E-state index in [1.54, 1.807) is 25.3 Å². The Bertz CT molecular complexity index is 1300. The fourth-order valence-electron chi connectivity index (χ4n) is 5.97. The maximum atomic E-state index is 13.5.